The Labute approximate surface area is 232 Å². The molecule has 1 atom stereocenters. The second kappa shape index (κ2) is 11.1. The maximum Gasteiger partial charge on any atom is 0.407 e. The van der Waals surface area contributed by atoms with Crippen LogP contribution in [0.2, 0.25) is 0 Å². The predicted molar refractivity (Wildman–Crippen MR) is 150 cm³/mol. The first-order chi connectivity index (χ1) is 19.6. The number of para-hydroxylation sites is 1. The van der Waals surface area contributed by atoms with Gasteiger partial charge in [0, 0.05) is 23.5 Å². The highest BCUT2D eigenvalue weighted by Gasteiger charge is 2.32. The molecular weight excluding hydrogens is 506 g/mol. The Hall–Kier alpha value is -4.78. The van der Waals surface area contributed by atoms with Crippen molar-refractivity contribution in [3.8, 4) is 28.4 Å². The summed E-state index contributed by atoms with van der Waals surface area (Å²) in [6.07, 6.45) is 0.770. The van der Waals surface area contributed by atoms with E-state index in [1.807, 2.05) is 66.7 Å². The highest BCUT2D eigenvalue weighted by molar-refractivity contribution is 5.79. The van der Waals surface area contributed by atoms with E-state index in [-0.39, 0.29) is 18.9 Å². The van der Waals surface area contributed by atoms with Gasteiger partial charge in [-0.05, 0) is 59.4 Å². The molecule has 7 nitrogen and oxygen atoms in total. The summed E-state index contributed by atoms with van der Waals surface area (Å²) in [7, 11) is 0. The van der Waals surface area contributed by atoms with Crippen molar-refractivity contribution >= 4 is 12.1 Å². The summed E-state index contributed by atoms with van der Waals surface area (Å²) in [6, 6.07) is 29.1. The smallest absolute Gasteiger partial charge is 0.407 e. The standard InChI is InChI=1S/C33H29NO6/c35-31(36)15-7-8-18-38-21-16-17-30-27(19-21)32(26-13-5-6-14-29(26)40-30)34-33(37)39-20-28-24-11-3-1-9-22(24)23-10-2-4-12-25(23)28/h1-6,9-14,16-17,19,28,32H,7-8,15,18,20H2,(H,34,37)(H,35,36). The lowest BCUT2D eigenvalue weighted by Crippen LogP contribution is -2.32. The zero-order valence-electron chi connectivity index (χ0n) is 21.8. The largest absolute Gasteiger partial charge is 0.494 e. The summed E-state index contributed by atoms with van der Waals surface area (Å²) < 4.78 is 17.8. The summed E-state index contributed by atoms with van der Waals surface area (Å²) in [5, 5.41) is 11.9. The van der Waals surface area contributed by atoms with Crippen LogP contribution in [0, 0.1) is 0 Å². The van der Waals surface area contributed by atoms with Crippen molar-refractivity contribution in [2.24, 2.45) is 0 Å². The number of carbonyl (C=O) groups excluding carboxylic acids is 1. The van der Waals surface area contributed by atoms with Crippen LogP contribution in [0.25, 0.3) is 11.1 Å². The van der Waals surface area contributed by atoms with Crippen molar-refractivity contribution in [1.82, 2.24) is 5.32 Å². The Kier molecular flexibility index (Phi) is 7.10. The van der Waals surface area contributed by atoms with E-state index in [0.29, 0.717) is 36.7 Å². The van der Waals surface area contributed by atoms with Crippen molar-refractivity contribution in [2.45, 2.75) is 31.2 Å². The molecule has 0 saturated heterocycles. The highest BCUT2D eigenvalue weighted by atomic mass is 16.5. The van der Waals surface area contributed by atoms with Gasteiger partial charge in [-0.25, -0.2) is 4.79 Å². The van der Waals surface area contributed by atoms with E-state index in [9.17, 15) is 9.59 Å². The topological polar surface area (TPSA) is 94.1 Å². The van der Waals surface area contributed by atoms with Crippen LogP contribution in [-0.4, -0.2) is 30.4 Å². The quantitative estimate of drug-likeness (QED) is 0.223. The van der Waals surface area contributed by atoms with Crippen LogP contribution in [0.1, 0.15) is 53.5 Å². The molecule has 0 fully saturated rings. The van der Waals surface area contributed by atoms with Gasteiger partial charge in [0.1, 0.15) is 23.9 Å². The number of aliphatic carboxylic acids is 1. The van der Waals surface area contributed by atoms with Gasteiger partial charge >= 0.3 is 12.1 Å². The third-order valence-corrected chi connectivity index (χ3v) is 7.40. The first kappa shape index (κ1) is 25.5. The van der Waals surface area contributed by atoms with Gasteiger partial charge in [-0.3, -0.25) is 4.79 Å². The molecule has 1 aliphatic carbocycles. The minimum Gasteiger partial charge on any atom is -0.494 e. The number of ether oxygens (including phenoxy) is 3. The van der Waals surface area contributed by atoms with Crippen molar-refractivity contribution in [3.05, 3.63) is 113 Å². The third kappa shape index (κ3) is 5.10. The molecule has 7 heteroatoms. The van der Waals surface area contributed by atoms with Gasteiger partial charge in [0.25, 0.3) is 0 Å². The molecule has 0 bridgehead atoms. The maximum atomic E-state index is 13.2. The summed E-state index contributed by atoms with van der Waals surface area (Å²) >= 11 is 0. The predicted octanol–water partition coefficient (Wildman–Crippen LogP) is 7.05. The first-order valence-electron chi connectivity index (χ1n) is 13.5. The summed E-state index contributed by atoms with van der Waals surface area (Å²) in [5.74, 6) is 1.07. The van der Waals surface area contributed by atoms with Gasteiger partial charge in [0.05, 0.1) is 12.6 Å². The fraction of sp³-hybridized carbons (Fsp3) is 0.212. The molecule has 202 valence electrons. The van der Waals surface area contributed by atoms with Gasteiger partial charge < -0.3 is 24.6 Å². The molecule has 1 aliphatic heterocycles. The minimum absolute atomic E-state index is 0.0338. The highest BCUT2D eigenvalue weighted by Crippen LogP contribution is 2.46. The molecule has 40 heavy (non-hydrogen) atoms. The summed E-state index contributed by atoms with van der Waals surface area (Å²) in [6.45, 7) is 0.616. The number of amides is 1. The molecule has 6 rings (SSSR count). The lowest BCUT2D eigenvalue weighted by atomic mass is 9.94. The van der Waals surface area contributed by atoms with Crippen LogP contribution in [0.3, 0.4) is 0 Å². The van der Waals surface area contributed by atoms with Gasteiger partial charge in [0.2, 0.25) is 0 Å². The number of rotatable bonds is 9. The van der Waals surface area contributed by atoms with Gasteiger partial charge in [-0.2, -0.15) is 0 Å². The first-order valence-corrected chi connectivity index (χ1v) is 13.5. The number of unbranched alkanes of at least 4 members (excludes halogenated alkanes) is 1. The number of nitrogens with one attached hydrogen (secondary N) is 1. The lowest BCUT2D eigenvalue weighted by Gasteiger charge is -2.29. The molecule has 0 saturated carbocycles. The number of hydrogen-bond acceptors (Lipinski definition) is 5. The molecule has 0 spiro atoms. The molecule has 2 N–H and O–H groups in total. The number of carboxylic acid groups (broad SMARTS) is 1. The number of fused-ring (bicyclic) bond motifs is 5. The zero-order chi connectivity index (χ0) is 27.5. The average molecular weight is 536 g/mol. The summed E-state index contributed by atoms with van der Waals surface area (Å²) in [5.41, 5.74) is 6.24. The van der Waals surface area contributed by atoms with Crippen molar-refractivity contribution in [3.63, 3.8) is 0 Å². The zero-order valence-corrected chi connectivity index (χ0v) is 21.8. The lowest BCUT2D eigenvalue weighted by molar-refractivity contribution is -0.137. The fourth-order valence-electron chi connectivity index (χ4n) is 5.51. The van der Waals surface area contributed by atoms with E-state index in [1.165, 1.54) is 11.1 Å². The number of alkyl carbamates (subject to hydrolysis) is 1. The second-order valence-corrected chi connectivity index (χ2v) is 9.94. The van der Waals surface area contributed by atoms with Crippen LogP contribution >= 0.6 is 0 Å². The third-order valence-electron chi connectivity index (χ3n) is 7.40. The van der Waals surface area contributed by atoms with E-state index < -0.39 is 18.1 Å². The van der Waals surface area contributed by atoms with E-state index in [4.69, 9.17) is 19.3 Å². The van der Waals surface area contributed by atoms with Crippen LogP contribution in [0.15, 0.2) is 91.0 Å². The molecule has 4 aromatic rings. The maximum absolute atomic E-state index is 13.2. The number of carboxylic acids is 1. The molecule has 0 radical (unpaired) electrons. The van der Waals surface area contributed by atoms with Crippen LogP contribution in [0.4, 0.5) is 4.79 Å². The van der Waals surface area contributed by atoms with Crippen molar-refractivity contribution < 1.29 is 28.9 Å². The van der Waals surface area contributed by atoms with Gasteiger partial charge in [-0.1, -0.05) is 66.7 Å². The Morgan fingerprint density at radius 2 is 1.43 bits per heavy atom. The molecule has 1 amide bonds. The van der Waals surface area contributed by atoms with Crippen molar-refractivity contribution in [2.75, 3.05) is 13.2 Å². The summed E-state index contributed by atoms with van der Waals surface area (Å²) in [4.78, 5) is 24.0. The van der Waals surface area contributed by atoms with Crippen LogP contribution in [0.5, 0.6) is 17.2 Å². The van der Waals surface area contributed by atoms with Gasteiger partial charge in [0.15, 0.2) is 0 Å². The van der Waals surface area contributed by atoms with Crippen molar-refractivity contribution in [1.29, 1.82) is 0 Å². The number of benzene rings is 4. The van der Waals surface area contributed by atoms with Crippen LogP contribution < -0.4 is 14.8 Å². The molecule has 1 heterocycles. The average Bonchev–Trinajstić information content (AvgIpc) is 3.29. The second-order valence-electron chi connectivity index (χ2n) is 9.94. The SMILES string of the molecule is O=C(O)CCCCOc1ccc2c(c1)C(NC(=O)OCC1c3ccccc3-c3ccccc31)c1ccccc1O2. The minimum atomic E-state index is -0.813. The van der Waals surface area contributed by atoms with E-state index in [2.05, 4.69) is 29.6 Å². The molecule has 1 unspecified atom stereocenters. The number of carbonyl (C=O) groups is 2. The molecule has 0 aromatic heterocycles. The monoisotopic (exact) mass is 535 g/mol. The van der Waals surface area contributed by atoms with E-state index >= 15 is 0 Å². The van der Waals surface area contributed by atoms with Gasteiger partial charge in [-0.15, -0.1) is 0 Å². The van der Waals surface area contributed by atoms with Crippen LogP contribution in [-0.2, 0) is 9.53 Å². The molecular formula is C33H29NO6. The van der Waals surface area contributed by atoms with E-state index in [1.54, 1.807) is 0 Å². The Morgan fingerprint density at radius 1 is 0.775 bits per heavy atom. The Morgan fingerprint density at radius 3 is 2.15 bits per heavy atom. The normalized spacial score (nSPS) is 14.7. The fourth-order valence-corrected chi connectivity index (χ4v) is 5.51. The van der Waals surface area contributed by atoms with E-state index in [0.717, 1.165) is 22.3 Å². The Bertz CT molecular complexity index is 1520. The molecule has 2 aliphatic rings. The number of hydrogen-bond donors (Lipinski definition) is 2. The Balaban J connectivity index is 1.18. The molecule has 4 aromatic carbocycles.